The van der Waals surface area contributed by atoms with Crippen LogP contribution in [0.15, 0.2) is 78.9 Å². The molecular weight excluding hydrogens is 510 g/mol. The quantitative estimate of drug-likeness (QED) is 0.324. The largest absolute Gasteiger partial charge is 0.497 e. The van der Waals surface area contributed by atoms with Crippen molar-refractivity contribution in [1.82, 2.24) is 14.7 Å². The maximum absolute atomic E-state index is 12.4. The lowest BCUT2D eigenvalue weighted by Gasteiger charge is -2.48. The smallest absolute Gasteiger partial charge is 0.410 e. The zero-order chi connectivity index (χ0) is 29.1. The molecule has 3 aromatic carbocycles. The molecule has 0 radical (unpaired) electrons. The number of piperazine rings is 1. The molecule has 6 heteroatoms. The third-order valence-electron chi connectivity index (χ3n) is 8.39. The van der Waals surface area contributed by atoms with E-state index in [4.69, 9.17) is 9.47 Å². The molecule has 0 N–H and O–H groups in total. The number of carbonyl (C=O) groups is 1. The molecule has 2 aliphatic rings. The van der Waals surface area contributed by atoms with Crippen molar-refractivity contribution >= 4 is 6.09 Å². The van der Waals surface area contributed by atoms with Crippen molar-refractivity contribution in [1.29, 1.82) is 0 Å². The van der Waals surface area contributed by atoms with Gasteiger partial charge in [0.05, 0.1) is 13.2 Å². The SMILES string of the molecule is COc1cccc(C(c2ccc(C3CN(C(=O)OC(C)(C)C)C3)cc2)N2C[C@@H](C)N(Cc3ccccc3)C[C@@H]2C)c1. The van der Waals surface area contributed by atoms with Gasteiger partial charge in [0.25, 0.3) is 0 Å². The average molecular weight is 556 g/mol. The van der Waals surface area contributed by atoms with Crippen molar-refractivity contribution in [2.45, 2.75) is 70.8 Å². The highest BCUT2D eigenvalue weighted by atomic mass is 16.6. The molecule has 0 aromatic heterocycles. The highest BCUT2D eigenvalue weighted by Gasteiger charge is 2.37. The van der Waals surface area contributed by atoms with E-state index in [1.165, 1.54) is 22.3 Å². The van der Waals surface area contributed by atoms with Gasteiger partial charge in [0.1, 0.15) is 11.4 Å². The van der Waals surface area contributed by atoms with Gasteiger partial charge < -0.3 is 14.4 Å². The minimum absolute atomic E-state index is 0.120. The summed E-state index contributed by atoms with van der Waals surface area (Å²) < 4.78 is 11.2. The second kappa shape index (κ2) is 12.3. The number of nitrogens with zero attached hydrogens (tertiary/aromatic N) is 3. The van der Waals surface area contributed by atoms with Crippen LogP contribution in [-0.2, 0) is 11.3 Å². The first kappa shape index (κ1) is 29.2. The summed E-state index contributed by atoms with van der Waals surface area (Å²) in [5, 5.41) is 0. The fourth-order valence-electron chi connectivity index (χ4n) is 6.13. The molecular formula is C35H45N3O3. The molecule has 0 bridgehead atoms. The topological polar surface area (TPSA) is 45.2 Å². The molecule has 2 aliphatic heterocycles. The molecule has 2 fully saturated rings. The molecule has 0 aliphatic carbocycles. The van der Waals surface area contributed by atoms with Gasteiger partial charge in [-0.25, -0.2) is 4.79 Å². The third-order valence-corrected chi connectivity index (χ3v) is 8.39. The molecule has 3 aromatic rings. The number of hydrogen-bond acceptors (Lipinski definition) is 5. The van der Waals surface area contributed by atoms with Gasteiger partial charge in [-0.3, -0.25) is 9.80 Å². The van der Waals surface area contributed by atoms with Crippen molar-refractivity contribution in [3.63, 3.8) is 0 Å². The van der Waals surface area contributed by atoms with Crippen LogP contribution >= 0.6 is 0 Å². The van der Waals surface area contributed by atoms with Crippen LogP contribution < -0.4 is 4.74 Å². The molecule has 1 unspecified atom stereocenters. The molecule has 2 saturated heterocycles. The normalized spacial score (nSPS) is 21.3. The van der Waals surface area contributed by atoms with Crippen molar-refractivity contribution in [2.24, 2.45) is 0 Å². The first-order valence-corrected chi connectivity index (χ1v) is 14.9. The summed E-state index contributed by atoms with van der Waals surface area (Å²) in [6.45, 7) is 14.8. The molecule has 41 heavy (non-hydrogen) atoms. The van der Waals surface area contributed by atoms with E-state index in [1.54, 1.807) is 12.0 Å². The highest BCUT2D eigenvalue weighted by molar-refractivity contribution is 5.69. The van der Waals surface area contributed by atoms with Crippen LogP contribution in [0.3, 0.4) is 0 Å². The Labute approximate surface area is 245 Å². The number of likely N-dealkylation sites (tertiary alicyclic amines) is 1. The number of methoxy groups -OCH3 is 1. The van der Waals surface area contributed by atoms with Crippen LogP contribution in [-0.4, -0.2) is 71.8 Å². The van der Waals surface area contributed by atoms with Gasteiger partial charge in [-0.1, -0.05) is 66.7 Å². The summed E-state index contributed by atoms with van der Waals surface area (Å²) in [4.78, 5) is 19.5. The van der Waals surface area contributed by atoms with Crippen molar-refractivity contribution in [3.8, 4) is 5.75 Å². The average Bonchev–Trinajstić information content (AvgIpc) is 2.91. The maximum Gasteiger partial charge on any atom is 0.410 e. The van der Waals surface area contributed by atoms with Gasteiger partial charge in [0.2, 0.25) is 0 Å². The fourth-order valence-corrected chi connectivity index (χ4v) is 6.13. The molecule has 6 nitrogen and oxygen atoms in total. The van der Waals surface area contributed by atoms with Crippen LogP contribution in [0.1, 0.15) is 68.8 Å². The Balaban J connectivity index is 1.34. The van der Waals surface area contributed by atoms with Crippen molar-refractivity contribution < 1.29 is 14.3 Å². The third kappa shape index (κ3) is 6.94. The first-order valence-electron chi connectivity index (χ1n) is 14.9. The predicted octanol–water partition coefficient (Wildman–Crippen LogP) is 6.71. The zero-order valence-corrected chi connectivity index (χ0v) is 25.4. The van der Waals surface area contributed by atoms with Gasteiger partial charge >= 0.3 is 6.09 Å². The Hall–Kier alpha value is -3.35. The minimum Gasteiger partial charge on any atom is -0.497 e. The molecule has 0 saturated carbocycles. The standard InChI is InChI=1S/C35H45N3O3/c1-25-21-38(26(2)20-36(25)22-27-11-8-7-9-12-27)33(30-13-10-14-32(19-30)40-6)29-17-15-28(16-18-29)31-23-37(24-31)34(39)41-35(3,4)5/h7-19,25-26,31,33H,20-24H2,1-6H3/t25-,26+,33?/m1/s1. The lowest BCUT2D eigenvalue weighted by Crippen LogP contribution is -2.56. The summed E-state index contributed by atoms with van der Waals surface area (Å²) in [5.41, 5.74) is 4.68. The minimum atomic E-state index is -0.472. The summed E-state index contributed by atoms with van der Waals surface area (Å²) in [5.74, 6) is 1.22. The summed E-state index contributed by atoms with van der Waals surface area (Å²) in [6.07, 6.45) is -0.224. The molecule has 0 spiro atoms. The van der Waals surface area contributed by atoms with Crippen LogP contribution in [0.2, 0.25) is 0 Å². The monoisotopic (exact) mass is 555 g/mol. The van der Waals surface area contributed by atoms with E-state index in [0.29, 0.717) is 31.1 Å². The maximum atomic E-state index is 12.4. The Morgan fingerprint density at radius 1 is 0.854 bits per heavy atom. The van der Waals surface area contributed by atoms with E-state index >= 15 is 0 Å². The molecule has 1 amide bonds. The van der Waals surface area contributed by atoms with Gasteiger partial charge in [-0.15, -0.1) is 0 Å². The Morgan fingerprint density at radius 3 is 2.22 bits per heavy atom. The van der Waals surface area contributed by atoms with Crippen molar-refractivity contribution in [3.05, 3.63) is 101 Å². The summed E-state index contributed by atoms with van der Waals surface area (Å²) >= 11 is 0. The summed E-state index contributed by atoms with van der Waals surface area (Å²) in [7, 11) is 1.73. The predicted molar refractivity (Wildman–Crippen MR) is 164 cm³/mol. The first-order chi connectivity index (χ1) is 19.6. The van der Waals surface area contributed by atoms with Crippen molar-refractivity contribution in [2.75, 3.05) is 33.3 Å². The van der Waals surface area contributed by atoms with Crippen LogP contribution in [0.5, 0.6) is 5.75 Å². The van der Waals surface area contributed by atoms with E-state index in [-0.39, 0.29) is 12.1 Å². The van der Waals surface area contributed by atoms with Gasteiger partial charge in [0, 0.05) is 50.7 Å². The second-order valence-electron chi connectivity index (χ2n) is 12.7. The van der Waals surface area contributed by atoms with Crippen LogP contribution in [0.4, 0.5) is 4.79 Å². The fraction of sp³-hybridized carbons (Fsp3) is 0.457. The molecule has 5 rings (SSSR count). The second-order valence-corrected chi connectivity index (χ2v) is 12.7. The van der Waals surface area contributed by atoms with E-state index in [1.807, 2.05) is 26.8 Å². The number of benzene rings is 3. The number of hydrogen-bond donors (Lipinski definition) is 0. The lowest BCUT2D eigenvalue weighted by atomic mass is 9.88. The summed E-state index contributed by atoms with van der Waals surface area (Å²) in [6, 6.07) is 29.3. The van der Waals surface area contributed by atoms with Gasteiger partial charge in [-0.2, -0.15) is 0 Å². The van der Waals surface area contributed by atoms with E-state index in [0.717, 1.165) is 25.4 Å². The molecule has 218 valence electrons. The zero-order valence-electron chi connectivity index (χ0n) is 25.4. The van der Waals surface area contributed by atoms with E-state index < -0.39 is 5.60 Å². The van der Waals surface area contributed by atoms with Crippen LogP contribution in [0, 0.1) is 0 Å². The van der Waals surface area contributed by atoms with Gasteiger partial charge in [-0.05, 0) is 69.0 Å². The van der Waals surface area contributed by atoms with E-state index in [9.17, 15) is 4.79 Å². The Kier molecular flexibility index (Phi) is 8.71. The number of carbonyl (C=O) groups excluding carboxylic acids is 1. The number of rotatable bonds is 7. The van der Waals surface area contributed by atoms with E-state index in [2.05, 4.69) is 96.4 Å². The number of ether oxygens (including phenoxy) is 2. The highest BCUT2D eigenvalue weighted by Crippen LogP contribution is 2.36. The Morgan fingerprint density at radius 2 is 1.56 bits per heavy atom. The molecule has 2 heterocycles. The van der Waals surface area contributed by atoms with Gasteiger partial charge in [0.15, 0.2) is 0 Å². The molecule has 3 atom stereocenters. The lowest BCUT2D eigenvalue weighted by molar-refractivity contribution is 0.00818. The van der Waals surface area contributed by atoms with Crippen LogP contribution in [0.25, 0.3) is 0 Å². The number of amides is 1. The Bertz CT molecular complexity index is 1300.